The van der Waals surface area contributed by atoms with Gasteiger partial charge in [-0.25, -0.2) is 9.37 Å². The number of benzene rings is 3. The van der Waals surface area contributed by atoms with E-state index in [9.17, 15) is 0 Å². The molecule has 1 N–H and O–H groups in total. The first-order chi connectivity index (χ1) is 18.6. The highest BCUT2D eigenvalue weighted by Gasteiger charge is 2.26. The maximum absolute atomic E-state index is 15.6. The molecule has 0 saturated carbocycles. The number of halogens is 1. The minimum atomic E-state index is -0.466. The number of oxazole rings is 1. The molecule has 1 atom stereocenters. The molecule has 0 bridgehead atoms. The zero-order valence-electron chi connectivity index (χ0n) is 21.3. The number of nitrogens with zero attached hydrogens (tertiary/aromatic N) is 4. The molecular formula is C29H28FN5O3. The lowest BCUT2D eigenvalue weighted by Gasteiger charge is -2.14. The van der Waals surface area contributed by atoms with Gasteiger partial charge in [-0.3, -0.25) is 0 Å². The minimum Gasteiger partial charge on any atom is -0.493 e. The number of nitrogens with one attached hydrogen (secondary N) is 1. The molecule has 38 heavy (non-hydrogen) atoms. The number of hydrogen-bond acceptors (Lipinski definition) is 7. The van der Waals surface area contributed by atoms with Crippen molar-refractivity contribution in [3.63, 3.8) is 0 Å². The first-order valence-electron chi connectivity index (χ1n) is 12.6. The van der Waals surface area contributed by atoms with Crippen molar-refractivity contribution in [1.29, 1.82) is 0 Å². The molecule has 0 radical (unpaired) electrons. The van der Waals surface area contributed by atoms with Gasteiger partial charge in [-0.05, 0) is 47.7 Å². The van der Waals surface area contributed by atoms with E-state index in [2.05, 4.69) is 15.5 Å². The summed E-state index contributed by atoms with van der Waals surface area (Å²) >= 11 is 0. The minimum absolute atomic E-state index is 0.149. The average molecular weight is 514 g/mol. The highest BCUT2D eigenvalue weighted by Crippen LogP contribution is 2.42. The van der Waals surface area contributed by atoms with Crippen molar-refractivity contribution in [1.82, 2.24) is 25.1 Å². The molecule has 194 valence electrons. The highest BCUT2D eigenvalue weighted by molar-refractivity contribution is 5.92. The van der Waals surface area contributed by atoms with Crippen LogP contribution < -0.4 is 10.1 Å². The van der Waals surface area contributed by atoms with Crippen molar-refractivity contribution >= 4 is 11.1 Å². The zero-order chi connectivity index (χ0) is 26.1. The van der Waals surface area contributed by atoms with E-state index in [0.717, 1.165) is 42.7 Å². The van der Waals surface area contributed by atoms with Gasteiger partial charge in [0.2, 0.25) is 5.89 Å². The molecule has 3 heterocycles. The lowest BCUT2D eigenvalue weighted by molar-refractivity contribution is 0.110. The summed E-state index contributed by atoms with van der Waals surface area (Å²) in [4.78, 5) is 4.74. The van der Waals surface area contributed by atoms with Gasteiger partial charge in [0.25, 0.3) is 0 Å². The summed E-state index contributed by atoms with van der Waals surface area (Å²) in [5.41, 5.74) is 4.52. The SMILES string of the molecule is COc1cc(CNC[C@@H]2CCCO2)cc2nc(-c3c(F)ccc(-c4ccccc4)c3-c3nncn3C)oc12. The molecule has 9 heteroatoms. The van der Waals surface area contributed by atoms with E-state index in [1.165, 1.54) is 6.07 Å². The topological polar surface area (TPSA) is 87.2 Å². The van der Waals surface area contributed by atoms with E-state index in [-0.39, 0.29) is 17.6 Å². The van der Waals surface area contributed by atoms with E-state index in [4.69, 9.17) is 18.9 Å². The molecular weight excluding hydrogens is 485 g/mol. The van der Waals surface area contributed by atoms with Crippen molar-refractivity contribution in [2.75, 3.05) is 20.3 Å². The van der Waals surface area contributed by atoms with E-state index in [1.54, 1.807) is 24.1 Å². The first-order valence-corrected chi connectivity index (χ1v) is 12.6. The van der Waals surface area contributed by atoms with E-state index in [0.29, 0.717) is 34.8 Å². The zero-order valence-corrected chi connectivity index (χ0v) is 21.3. The number of aromatic nitrogens is 4. The number of rotatable bonds is 8. The average Bonchev–Trinajstić information content (AvgIpc) is 3.70. The largest absolute Gasteiger partial charge is 0.493 e. The van der Waals surface area contributed by atoms with Crippen LogP contribution in [0.15, 0.2) is 65.3 Å². The lowest BCUT2D eigenvalue weighted by atomic mass is 9.94. The molecule has 0 spiro atoms. The number of aryl methyl sites for hydroxylation is 1. The number of ether oxygens (including phenoxy) is 2. The molecule has 0 amide bonds. The fraction of sp³-hybridized carbons (Fsp3) is 0.276. The Bertz CT molecular complexity index is 1570. The first kappa shape index (κ1) is 24.3. The second-order valence-electron chi connectivity index (χ2n) is 9.41. The van der Waals surface area contributed by atoms with Gasteiger partial charge in [-0.2, -0.15) is 0 Å². The Kier molecular flexibility index (Phi) is 6.61. The van der Waals surface area contributed by atoms with Gasteiger partial charge in [0.15, 0.2) is 17.2 Å². The van der Waals surface area contributed by atoms with E-state index < -0.39 is 5.82 Å². The van der Waals surface area contributed by atoms with Crippen molar-refractivity contribution in [3.05, 3.63) is 72.3 Å². The van der Waals surface area contributed by atoms with Gasteiger partial charge in [0, 0.05) is 32.3 Å². The summed E-state index contributed by atoms with van der Waals surface area (Å²) in [5.74, 6) is 0.726. The number of methoxy groups -OCH3 is 1. The standard InChI is InChI=1S/C29H28FN5O3/c1-35-17-32-34-28(35)25-21(19-7-4-3-5-8-19)10-11-22(30)26(25)29-33-23-13-18(14-24(36-2)27(23)38-29)15-31-16-20-9-6-12-37-20/h3-5,7-8,10-11,13-14,17,20,31H,6,9,12,15-16H2,1-2H3/t20-/m0/s1. The van der Waals surface area contributed by atoms with Crippen LogP contribution in [0.5, 0.6) is 5.75 Å². The van der Waals surface area contributed by atoms with Gasteiger partial charge in [-0.15, -0.1) is 10.2 Å². The van der Waals surface area contributed by atoms with E-state index in [1.807, 2.05) is 49.5 Å². The maximum Gasteiger partial charge on any atom is 0.231 e. The summed E-state index contributed by atoms with van der Waals surface area (Å²) < 4.78 is 34.9. The second kappa shape index (κ2) is 10.4. The third-order valence-electron chi connectivity index (χ3n) is 6.85. The number of hydrogen-bond donors (Lipinski definition) is 1. The molecule has 0 unspecified atom stereocenters. The van der Waals surface area contributed by atoms with Crippen LogP contribution >= 0.6 is 0 Å². The third kappa shape index (κ3) is 4.55. The molecule has 5 aromatic rings. The fourth-order valence-corrected chi connectivity index (χ4v) is 4.99. The second-order valence-corrected chi connectivity index (χ2v) is 9.41. The summed E-state index contributed by atoms with van der Waals surface area (Å²) in [7, 11) is 3.41. The molecule has 1 aliphatic heterocycles. The summed E-state index contributed by atoms with van der Waals surface area (Å²) in [6.45, 7) is 2.23. The summed E-state index contributed by atoms with van der Waals surface area (Å²) in [6, 6.07) is 16.8. The van der Waals surface area contributed by atoms with Crippen molar-refractivity contribution in [3.8, 4) is 39.7 Å². The van der Waals surface area contributed by atoms with Gasteiger partial charge < -0.3 is 23.8 Å². The van der Waals surface area contributed by atoms with Crippen LogP contribution in [0.1, 0.15) is 18.4 Å². The van der Waals surface area contributed by atoms with Crippen LogP contribution in [-0.2, 0) is 18.3 Å². The van der Waals surface area contributed by atoms with Gasteiger partial charge in [0.1, 0.15) is 17.7 Å². The summed E-state index contributed by atoms with van der Waals surface area (Å²) in [6.07, 6.45) is 4.01. The maximum atomic E-state index is 15.6. The monoisotopic (exact) mass is 513 g/mol. The molecule has 6 rings (SSSR count). The van der Waals surface area contributed by atoms with Gasteiger partial charge in [-0.1, -0.05) is 36.4 Å². The predicted octanol–water partition coefficient (Wildman–Crippen LogP) is 5.37. The smallest absolute Gasteiger partial charge is 0.231 e. The lowest BCUT2D eigenvalue weighted by Crippen LogP contribution is -2.25. The quantitative estimate of drug-likeness (QED) is 0.298. The van der Waals surface area contributed by atoms with Crippen molar-refractivity contribution in [2.45, 2.75) is 25.5 Å². The fourth-order valence-electron chi connectivity index (χ4n) is 4.99. The van der Waals surface area contributed by atoms with Crippen LogP contribution in [0.2, 0.25) is 0 Å². The Labute approximate surface area is 219 Å². The van der Waals surface area contributed by atoms with Gasteiger partial charge >= 0.3 is 0 Å². The number of fused-ring (bicyclic) bond motifs is 1. The summed E-state index contributed by atoms with van der Waals surface area (Å²) in [5, 5.41) is 11.8. The third-order valence-corrected chi connectivity index (χ3v) is 6.85. The molecule has 2 aromatic heterocycles. The van der Waals surface area contributed by atoms with Crippen molar-refractivity contribution < 1.29 is 18.3 Å². The van der Waals surface area contributed by atoms with Crippen LogP contribution in [-0.4, -0.2) is 46.1 Å². The van der Waals surface area contributed by atoms with Crippen LogP contribution in [0, 0.1) is 5.82 Å². The Balaban J connectivity index is 1.45. The Morgan fingerprint density at radius 2 is 2.00 bits per heavy atom. The molecule has 1 fully saturated rings. The van der Waals surface area contributed by atoms with Crippen LogP contribution in [0.4, 0.5) is 4.39 Å². The predicted molar refractivity (Wildman–Crippen MR) is 142 cm³/mol. The van der Waals surface area contributed by atoms with E-state index >= 15 is 4.39 Å². The Hall–Kier alpha value is -4.08. The molecule has 3 aromatic carbocycles. The highest BCUT2D eigenvalue weighted by atomic mass is 19.1. The van der Waals surface area contributed by atoms with Crippen LogP contribution in [0.3, 0.4) is 0 Å². The molecule has 1 saturated heterocycles. The Morgan fingerprint density at radius 1 is 1.13 bits per heavy atom. The van der Waals surface area contributed by atoms with Crippen LogP contribution in [0.25, 0.3) is 45.1 Å². The molecule has 8 nitrogen and oxygen atoms in total. The molecule has 1 aliphatic rings. The van der Waals surface area contributed by atoms with Gasteiger partial charge in [0.05, 0.1) is 18.8 Å². The Morgan fingerprint density at radius 3 is 2.74 bits per heavy atom. The normalized spacial score (nSPS) is 15.4. The molecule has 0 aliphatic carbocycles. The van der Waals surface area contributed by atoms with Crippen molar-refractivity contribution in [2.24, 2.45) is 7.05 Å².